The third-order valence-electron chi connectivity index (χ3n) is 11.8. The summed E-state index contributed by atoms with van der Waals surface area (Å²) >= 11 is 0. The molecule has 1 saturated carbocycles. The summed E-state index contributed by atoms with van der Waals surface area (Å²) in [7, 11) is 1.62. The monoisotopic (exact) mass is 710 g/mol. The van der Waals surface area contributed by atoms with Gasteiger partial charge in [-0.15, -0.1) is 0 Å². The van der Waals surface area contributed by atoms with Crippen molar-refractivity contribution in [1.29, 1.82) is 5.26 Å². The summed E-state index contributed by atoms with van der Waals surface area (Å²) in [6, 6.07) is 14.3. The zero-order valence-corrected chi connectivity index (χ0v) is 29.5. The van der Waals surface area contributed by atoms with E-state index < -0.39 is 23.6 Å². The molecule has 4 aliphatic rings. The second-order valence-electron chi connectivity index (χ2n) is 14.7. The van der Waals surface area contributed by atoms with Crippen LogP contribution in [-0.4, -0.2) is 91.9 Å². The summed E-state index contributed by atoms with van der Waals surface area (Å²) in [5.74, 6) is -1.62. The molecule has 4 atom stereocenters. The van der Waals surface area contributed by atoms with Crippen LogP contribution in [0.25, 0.3) is 0 Å². The zero-order valence-electron chi connectivity index (χ0n) is 29.5. The Hall–Kier alpha value is -3.82. The number of hydrogen-bond donors (Lipinski definition) is 1. The van der Waals surface area contributed by atoms with Crippen LogP contribution in [0.4, 0.5) is 18.9 Å². The summed E-state index contributed by atoms with van der Waals surface area (Å²) < 4.78 is 53.2. The Morgan fingerprint density at radius 3 is 2.25 bits per heavy atom. The van der Waals surface area contributed by atoms with Gasteiger partial charge in [0.1, 0.15) is 5.75 Å². The largest absolute Gasteiger partial charge is 0.497 e. The third-order valence-corrected chi connectivity index (χ3v) is 11.8. The zero-order chi connectivity index (χ0) is 36.3. The first kappa shape index (κ1) is 37.0. The molecular weight excluding hydrogens is 661 g/mol. The van der Waals surface area contributed by atoms with Crippen molar-refractivity contribution in [3.63, 3.8) is 0 Å². The highest BCUT2D eigenvalue weighted by atomic mass is 19.4. The number of rotatable bonds is 10. The number of halogens is 3. The smallest absolute Gasteiger partial charge is 0.416 e. The maximum atomic E-state index is 14.7. The molecule has 0 radical (unpaired) electrons. The van der Waals surface area contributed by atoms with Crippen molar-refractivity contribution in [1.82, 2.24) is 9.80 Å². The average molecular weight is 711 g/mol. The van der Waals surface area contributed by atoms with Crippen LogP contribution in [0.5, 0.6) is 5.75 Å². The molecule has 1 amide bonds. The van der Waals surface area contributed by atoms with E-state index in [2.05, 4.69) is 11.0 Å². The first-order valence-corrected chi connectivity index (χ1v) is 18.3. The first-order chi connectivity index (χ1) is 24.5. The second-order valence-corrected chi connectivity index (χ2v) is 14.7. The van der Waals surface area contributed by atoms with Crippen LogP contribution in [-0.2, 0) is 20.5 Å². The Bertz CT molecular complexity index is 1560. The van der Waals surface area contributed by atoms with E-state index in [1.165, 1.54) is 12.1 Å². The van der Waals surface area contributed by atoms with E-state index in [4.69, 9.17) is 9.47 Å². The number of carbonyl (C=O) groups excluding carboxylic acids is 1. The number of carbonyl (C=O) groups is 2. The predicted octanol–water partition coefficient (Wildman–Crippen LogP) is 6.53. The molecule has 4 fully saturated rings. The fraction of sp³-hybridized carbons (Fsp3) is 0.615. The van der Waals surface area contributed by atoms with E-state index in [9.17, 15) is 33.1 Å². The predicted molar refractivity (Wildman–Crippen MR) is 186 cm³/mol. The van der Waals surface area contributed by atoms with Crippen LogP contribution in [0, 0.1) is 29.1 Å². The number of carboxylic acids is 1. The molecule has 0 bridgehead atoms. The number of ether oxygens (including phenoxy) is 2. The van der Waals surface area contributed by atoms with Gasteiger partial charge >= 0.3 is 12.1 Å². The number of carboxylic acid groups (broad SMARTS) is 1. The topological polar surface area (TPSA) is 106 Å². The van der Waals surface area contributed by atoms with Gasteiger partial charge in [0.05, 0.1) is 36.7 Å². The number of likely N-dealkylation sites (tertiary alicyclic amines) is 2. The highest BCUT2D eigenvalue weighted by molar-refractivity contribution is 5.81. The number of methoxy groups -OCH3 is 1. The lowest BCUT2D eigenvalue weighted by Gasteiger charge is -2.35. The van der Waals surface area contributed by atoms with E-state index in [0.29, 0.717) is 69.5 Å². The molecule has 12 heteroatoms. The summed E-state index contributed by atoms with van der Waals surface area (Å²) in [4.78, 5) is 32.5. The molecule has 3 heterocycles. The number of nitrogens with zero attached hydrogens (tertiary/aromatic N) is 4. The van der Waals surface area contributed by atoms with Crippen molar-refractivity contribution in [2.45, 2.75) is 82.0 Å². The minimum Gasteiger partial charge on any atom is -0.497 e. The molecular formula is C39H49F3N4O5. The van der Waals surface area contributed by atoms with E-state index in [-0.39, 0.29) is 42.1 Å². The van der Waals surface area contributed by atoms with Crippen LogP contribution in [0.1, 0.15) is 80.4 Å². The number of nitriles is 1. The molecule has 2 aromatic carbocycles. The van der Waals surface area contributed by atoms with Crippen molar-refractivity contribution < 1.29 is 37.3 Å². The third kappa shape index (κ3) is 8.15. The molecule has 9 nitrogen and oxygen atoms in total. The normalized spacial score (nSPS) is 27.8. The van der Waals surface area contributed by atoms with Crippen LogP contribution >= 0.6 is 0 Å². The molecule has 0 spiro atoms. The Kier molecular flexibility index (Phi) is 11.5. The average Bonchev–Trinajstić information content (AvgIpc) is 3.77. The van der Waals surface area contributed by atoms with Gasteiger partial charge in [-0.2, -0.15) is 18.4 Å². The number of aliphatic carboxylic acids is 1. The van der Waals surface area contributed by atoms with Gasteiger partial charge in [0.15, 0.2) is 0 Å². The number of alkyl halides is 3. The van der Waals surface area contributed by atoms with Gasteiger partial charge < -0.3 is 24.4 Å². The van der Waals surface area contributed by atoms with Crippen LogP contribution in [0.2, 0.25) is 0 Å². The van der Waals surface area contributed by atoms with E-state index in [1.807, 2.05) is 41.0 Å². The van der Waals surface area contributed by atoms with E-state index >= 15 is 0 Å². The van der Waals surface area contributed by atoms with Gasteiger partial charge in [-0.25, -0.2) is 0 Å². The van der Waals surface area contributed by atoms with Gasteiger partial charge in [-0.3, -0.25) is 14.5 Å². The molecule has 2 aromatic rings. The Balaban J connectivity index is 1.27. The molecule has 0 unspecified atom stereocenters. The maximum Gasteiger partial charge on any atom is 0.416 e. The minimum absolute atomic E-state index is 0.0162. The highest BCUT2D eigenvalue weighted by Crippen LogP contribution is 2.45. The molecule has 1 aliphatic carbocycles. The Morgan fingerprint density at radius 1 is 0.941 bits per heavy atom. The Morgan fingerprint density at radius 2 is 1.65 bits per heavy atom. The number of benzene rings is 2. The number of anilines is 1. The van der Waals surface area contributed by atoms with Crippen LogP contribution in [0.3, 0.4) is 0 Å². The molecule has 1 N–H and O–H groups in total. The molecule has 0 aromatic heterocycles. The minimum atomic E-state index is -4.55. The first-order valence-electron chi connectivity index (χ1n) is 18.3. The lowest BCUT2D eigenvalue weighted by Crippen LogP contribution is -2.40. The standard InChI is InChI=1S/C39H49F3N4O5/c1-3-51-31-11-7-29(8-12-31)45-22-33(25-4-9-30(50-2)10-5-25)35(24-45)37(47)46-21-27(14-17-43)34(23-46)32-13-6-28(39(40,41)42)20-36(32)44-18-15-26(16-19-44)38(48)49/h4-6,9-10,13,20,26-27,29,31,33-35H,3,7-8,11-12,14-16,18-19,21-24H2,1-2H3,(H,48,49)/t27-,29?,31?,33-,34-,35+/m0/s1. The fourth-order valence-corrected chi connectivity index (χ4v) is 9.02. The van der Waals surface area contributed by atoms with Gasteiger partial charge in [-0.1, -0.05) is 18.2 Å². The van der Waals surface area contributed by atoms with Crippen LogP contribution in [0.15, 0.2) is 42.5 Å². The highest BCUT2D eigenvalue weighted by Gasteiger charge is 2.46. The maximum absolute atomic E-state index is 14.7. The van der Waals surface area contributed by atoms with Crippen molar-refractivity contribution in [3.8, 4) is 11.8 Å². The summed E-state index contributed by atoms with van der Waals surface area (Å²) in [5, 5.41) is 19.4. The van der Waals surface area contributed by atoms with Gasteiger partial charge in [0, 0.05) is 75.9 Å². The second kappa shape index (κ2) is 15.8. The van der Waals surface area contributed by atoms with Crippen molar-refractivity contribution in [2.75, 3.05) is 57.9 Å². The van der Waals surface area contributed by atoms with Gasteiger partial charge in [-0.05, 0) is 86.8 Å². The van der Waals surface area contributed by atoms with Crippen molar-refractivity contribution >= 4 is 17.6 Å². The van der Waals surface area contributed by atoms with Crippen LogP contribution < -0.4 is 9.64 Å². The van der Waals surface area contributed by atoms with Crippen molar-refractivity contribution in [2.24, 2.45) is 17.8 Å². The number of amides is 1. The van der Waals surface area contributed by atoms with E-state index in [1.54, 1.807) is 7.11 Å². The quantitative estimate of drug-likeness (QED) is 0.297. The van der Waals surface area contributed by atoms with Crippen molar-refractivity contribution in [3.05, 3.63) is 59.2 Å². The molecule has 6 rings (SSSR count). The SMILES string of the molecule is CCOC1CCC(N2C[C@@H](C(=O)N3C[C@H](CC#N)[C@@H](c4ccc(C(F)(F)F)cc4N4CCC(C(=O)O)CC4)C3)[C@H](c3ccc(OC)cc3)C2)CC1. The van der Waals surface area contributed by atoms with Gasteiger partial charge in [0.2, 0.25) is 5.91 Å². The van der Waals surface area contributed by atoms with E-state index in [0.717, 1.165) is 49.6 Å². The number of hydrogen-bond acceptors (Lipinski definition) is 7. The fourth-order valence-electron chi connectivity index (χ4n) is 9.02. The Labute approximate surface area is 298 Å². The molecule has 3 saturated heterocycles. The lowest BCUT2D eigenvalue weighted by molar-refractivity contribution is -0.142. The summed E-state index contributed by atoms with van der Waals surface area (Å²) in [5.41, 5.74) is 1.40. The van der Waals surface area contributed by atoms with Gasteiger partial charge in [0.25, 0.3) is 0 Å². The summed E-state index contributed by atoms with van der Waals surface area (Å²) in [6.07, 6.45) is 0.568. The molecule has 3 aliphatic heterocycles. The molecule has 276 valence electrons. The summed E-state index contributed by atoms with van der Waals surface area (Å²) in [6.45, 7) is 5.39. The molecule has 51 heavy (non-hydrogen) atoms. The lowest BCUT2D eigenvalue weighted by atomic mass is 9.84. The number of piperidine rings is 1.